The first-order chi connectivity index (χ1) is 9.70. The van der Waals surface area contributed by atoms with E-state index in [2.05, 4.69) is 0 Å². The van der Waals surface area contributed by atoms with E-state index >= 15 is 0 Å². The van der Waals surface area contributed by atoms with Crippen molar-refractivity contribution in [3.63, 3.8) is 0 Å². The lowest BCUT2D eigenvalue weighted by Gasteiger charge is -2.13. The third-order valence-corrected chi connectivity index (χ3v) is 5.59. The summed E-state index contributed by atoms with van der Waals surface area (Å²) in [5.74, 6) is -0.0609. The topological polar surface area (TPSA) is 60.2 Å². The Labute approximate surface area is 130 Å². The van der Waals surface area contributed by atoms with Gasteiger partial charge in [0, 0.05) is 5.69 Å². The van der Waals surface area contributed by atoms with Crippen LogP contribution in [0.2, 0.25) is 5.02 Å². The molecule has 0 fully saturated rings. The molecule has 0 saturated carbocycles. The molecule has 0 bridgehead atoms. The third kappa shape index (κ3) is 3.39. The molecule has 0 heterocycles. The first kappa shape index (κ1) is 15.9. The molecule has 0 aliphatic carbocycles. The second-order valence-electron chi connectivity index (χ2n) is 5.33. The predicted octanol–water partition coefficient (Wildman–Crippen LogP) is 3.82. The summed E-state index contributed by atoms with van der Waals surface area (Å²) in [6, 6.07) is 8.45. The number of halogens is 1. The zero-order valence-corrected chi connectivity index (χ0v) is 13.8. The van der Waals surface area contributed by atoms with E-state index in [0.29, 0.717) is 5.69 Å². The predicted molar refractivity (Wildman–Crippen MR) is 87.4 cm³/mol. The fourth-order valence-electron chi connectivity index (χ4n) is 2.47. The average Bonchev–Trinajstić information content (AvgIpc) is 2.33. The summed E-state index contributed by atoms with van der Waals surface area (Å²) >= 11 is 6.03. The normalized spacial score (nSPS) is 11.6. The summed E-state index contributed by atoms with van der Waals surface area (Å²) in [5, 5.41) is 0.164. The minimum Gasteiger partial charge on any atom is -0.399 e. The van der Waals surface area contributed by atoms with Gasteiger partial charge in [0.05, 0.1) is 15.7 Å². The van der Waals surface area contributed by atoms with Crippen molar-refractivity contribution in [2.75, 3.05) is 5.73 Å². The Morgan fingerprint density at radius 1 is 1.05 bits per heavy atom. The molecular formula is C16H18ClNO2S. The van der Waals surface area contributed by atoms with Crippen molar-refractivity contribution < 1.29 is 8.42 Å². The number of sulfone groups is 1. The molecule has 0 unspecified atom stereocenters. The summed E-state index contributed by atoms with van der Waals surface area (Å²) in [4.78, 5) is 0.123. The fourth-order valence-corrected chi connectivity index (χ4v) is 4.64. The van der Waals surface area contributed by atoms with Gasteiger partial charge in [-0.05, 0) is 55.7 Å². The van der Waals surface area contributed by atoms with Gasteiger partial charge in [0.1, 0.15) is 0 Å². The van der Waals surface area contributed by atoms with Crippen molar-refractivity contribution in [3.05, 3.63) is 57.6 Å². The van der Waals surface area contributed by atoms with E-state index in [-0.39, 0.29) is 15.7 Å². The fraction of sp³-hybridized carbons (Fsp3) is 0.250. The Kier molecular flexibility index (Phi) is 4.30. The van der Waals surface area contributed by atoms with Crippen LogP contribution in [-0.2, 0) is 15.6 Å². The van der Waals surface area contributed by atoms with Crippen molar-refractivity contribution in [2.45, 2.75) is 31.4 Å². The smallest absolute Gasteiger partial charge is 0.184 e. The highest BCUT2D eigenvalue weighted by atomic mass is 35.5. The summed E-state index contributed by atoms with van der Waals surface area (Å²) < 4.78 is 25.2. The second kappa shape index (κ2) is 5.70. The Hall–Kier alpha value is -1.52. The number of hydrogen-bond acceptors (Lipinski definition) is 3. The van der Waals surface area contributed by atoms with Crippen molar-refractivity contribution in [2.24, 2.45) is 0 Å². The molecule has 0 radical (unpaired) electrons. The lowest BCUT2D eigenvalue weighted by molar-refractivity contribution is 0.595. The Morgan fingerprint density at radius 2 is 1.62 bits per heavy atom. The highest BCUT2D eigenvalue weighted by Crippen LogP contribution is 2.28. The molecule has 0 spiro atoms. The van der Waals surface area contributed by atoms with Gasteiger partial charge in [-0.1, -0.05) is 29.3 Å². The maximum absolute atomic E-state index is 12.6. The molecule has 0 amide bonds. The van der Waals surface area contributed by atoms with E-state index in [1.807, 2.05) is 32.9 Å². The molecule has 0 saturated heterocycles. The molecule has 2 rings (SSSR count). The quantitative estimate of drug-likeness (QED) is 0.873. The van der Waals surface area contributed by atoms with Crippen molar-refractivity contribution in [3.8, 4) is 0 Å². The standard InChI is InChI=1S/C16H18ClNO2S/c1-10-6-11(2)14(12(3)7-10)9-21(19,20)16-5-4-13(18)8-15(16)17/h4-8H,9,18H2,1-3H3. The largest absolute Gasteiger partial charge is 0.399 e. The molecule has 21 heavy (non-hydrogen) atoms. The first-order valence-electron chi connectivity index (χ1n) is 6.55. The van der Waals surface area contributed by atoms with E-state index in [9.17, 15) is 8.42 Å². The SMILES string of the molecule is Cc1cc(C)c(CS(=O)(=O)c2ccc(N)cc2Cl)c(C)c1. The van der Waals surface area contributed by atoms with Gasteiger partial charge in [0.25, 0.3) is 0 Å². The molecule has 3 nitrogen and oxygen atoms in total. The molecule has 112 valence electrons. The Morgan fingerprint density at radius 3 is 2.14 bits per heavy atom. The van der Waals surface area contributed by atoms with Crippen LogP contribution in [0, 0.1) is 20.8 Å². The molecule has 2 aromatic carbocycles. The van der Waals surface area contributed by atoms with Crippen LogP contribution < -0.4 is 5.73 Å². The van der Waals surface area contributed by atoms with Gasteiger partial charge in [-0.2, -0.15) is 0 Å². The summed E-state index contributed by atoms with van der Waals surface area (Å²) in [6.45, 7) is 5.85. The maximum atomic E-state index is 12.6. The molecule has 2 N–H and O–H groups in total. The zero-order valence-electron chi connectivity index (χ0n) is 12.3. The Bertz CT molecular complexity index is 775. The molecule has 0 aliphatic rings. The highest BCUT2D eigenvalue weighted by molar-refractivity contribution is 7.90. The first-order valence-corrected chi connectivity index (χ1v) is 8.58. The second-order valence-corrected chi connectivity index (χ2v) is 7.69. The van der Waals surface area contributed by atoms with Crippen LogP contribution in [0.15, 0.2) is 35.2 Å². The monoisotopic (exact) mass is 323 g/mol. The summed E-state index contributed by atoms with van der Waals surface area (Å²) in [7, 11) is -3.51. The summed E-state index contributed by atoms with van der Waals surface area (Å²) in [6.07, 6.45) is 0. The number of benzene rings is 2. The molecule has 0 aliphatic heterocycles. The van der Waals surface area contributed by atoms with Crippen molar-refractivity contribution >= 4 is 27.1 Å². The van der Waals surface area contributed by atoms with Crippen LogP contribution in [0.25, 0.3) is 0 Å². The van der Waals surface area contributed by atoms with E-state index in [0.717, 1.165) is 22.3 Å². The molecule has 0 atom stereocenters. The summed E-state index contributed by atoms with van der Waals surface area (Å²) in [5.41, 5.74) is 9.95. The van der Waals surface area contributed by atoms with E-state index in [4.69, 9.17) is 17.3 Å². The van der Waals surface area contributed by atoms with E-state index < -0.39 is 9.84 Å². The van der Waals surface area contributed by atoms with Crippen LogP contribution in [0.5, 0.6) is 0 Å². The third-order valence-electron chi connectivity index (χ3n) is 3.47. The van der Waals surface area contributed by atoms with Crippen LogP contribution >= 0.6 is 11.6 Å². The van der Waals surface area contributed by atoms with Crippen LogP contribution in [0.3, 0.4) is 0 Å². The van der Waals surface area contributed by atoms with E-state index in [1.54, 1.807) is 6.07 Å². The van der Waals surface area contributed by atoms with Gasteiger partial charge in [0.2, 0.25) is 0 Å². The van der Waals surface area contributed by atoms with Gasteiger partial charge in [0.15, 0.2) is 9.84 Å². The number of rotatable bonds is 3. The number of aryl methyl sites for hydroxylation is 3. The van der Waals surface area contributed by atoms with Gasteiger partial charge in [-0.15, -0.1) is 0 Å². The van der Waals surface area contributed by atoms with Crippen molar-refractivity contribution in [1.29, 1.82) is 0 Å². The van der Waals surface area contributed by atoms with Gasteiger partial charge >= 0.3 is 0 Å². The molecule has 0 aromatic heterocycles. The number of anilines is 1. The lowest BCUT2D eigenvalue weighted by Crippen LogP contribution is -2.09. The number of nitrogen functional groups attached to an aromatic ring is 1. The molecule has 5 heteroatoms. The minimum absolute atomic E-state index is 0.0609. The molecular weight excluding hydrogens is 306 g/mol. The van der Waals surface area contributed by atoms with Crippen LogP contribution in [0.1, 0.15) is 22.3 Å². The Balaban J connectivity index is 2.47. The molecule has 2 aromatic rings. The lowest BCUT2D eigenvalue weighted by atomic mass is 10.0. The van der Waals surface area contributed by atoms with Gasteiger partial charge < -0.3 is 5.73 Å². The van der Waals surface area contributed by atoms with E-state index in [1.165, 1.54) is 12.1 Å². The van der Waals surface area contributed by atoms with Crippen LogP contribution in [0.4, 0.5) is 5.69 Å². The van der Waals surface area contributed by atoms with Crippen molar-refractivity contribution in [1.82, 2.24) is 0 Å². The minimum atomic E-state index is -3.51. The average molecular weight is 324 g/mol. The number of hydrogen-bond donors (Lipinski definition) is 1. The maximum Gasteiger partial charge on any atom is 0.184 e. The van der Waals surface area contributed by atoms with Gasteiger partial charge in [-0.3, -0.25) is 0 Å². The van der Waals surface area contributed by atoms with Gasteiger partial charge in [-0.25, -0.2) is 8.42 Å². The van der Waals surface area contributed by atoms with Crippen LogP contribution in [-0.4, -0.2) is 8.42 Å². The number of nitrogens with two attached hydrogens (primary N) is 1. The zero-order chi connectivity index (χ0) is 15.8. The highest BCUT2D eigenvalue weighted by Gasteiger charge is 2.21.